The number of nitrogens with zero attached hydrogens (tertiary/aromatic N) is 5. The van der Waals surface area contributed by atoms with Crippen molar-refractivity contribution in [2.45, 2.75) is 19.9 Å². The van der Waals surface area contributed by atoms with Crippen molar-refractivity contribution in [3.63, 3.8) is 0 Å². The highest BCUT2D eigenvalue weighted by Gasteiger charge is 2.08. The van der Waals surface area contributed by atoms with Crippen LogP contribution in [0.25, 0.3) is 16.2 Å². The molecule has 9 heteroatoms. The molecule has 0 fully saturated rings. The van der Waals surface area contributed by atoms with Crippen molar-refractivity contribution in [1.29, 1.82) is 0 Å². The molecule has 0 amide bonds. The fraction of sp³-hybridized carbons (Fsp3) is 0.263. The Morgan fingerprint density at radius 2 is 2.11 bits per heavy atom. The van der Waals surface area contributed by atoms with Gasteiger partial charge in [0.1, 0.15) is 0 Å². The van der Waals surface area contributed by atoms with Gasteiger partial charge in [0.05, 0.1) is 22.1 Å². The van der Waals surface area contributed by atoms with Crippen LogP contribution in [0.1, 0.15) is 15.7 Å². The first-order valence-electron chi connectivity index (χ1n) is 8.97. The molecule has 0 unspecified atom stereocenters. The molecular formula is C19H21N7S2. The first-order valence-corrected chi connectivity index (χ1v) is 10.7. The molecule has 0 aliphatic carbocycles. The number of aryl methyl sites for hydroxylation is 1. The Hall–Kier alpha value is -2.78. The summed E-state index contributed by atoms with van der Waals surface area (Å²) in [6.07, 6.45) is 2.89. The zero-order valence-electron chi connectivity index (χ0n) is 15.7. The zero-order chi connectivity index (χ0) is 19.3. The van der Waals surface area contributed by atoms with Crippen LogP contribution in [0.4, 0.5) is 0 Å². The minimum absolute atomic E-state index is 0.553. The van der Waals surface area contributed by atoms with Crippen LogP contribution in [0.3, 0.4) is 0 Å². The SMILES string of the molecule is CN=C(NCCc1ccc(-c2csc(C)n2)s1)NCc1nnc2ccccn12. The van der Waals surface area contributed by atoms with Crippen molar-refractivity contribution in [2.24, 2.45) is 4.99 Å². The molecule has 0 saturated carbocycles. The van der Waals surface area contributed by atoms with Crippen molar-refractivity contribution in [2.75, 3.05) is 13.6 Å². The second-order valence-electron chi connectivity index (χ2n) is 6.17. The van der Waals surface area contributed by atoms with Gasteiger partial charge in [0.25, 0.3) is 0 Å². The molecule has 28 heavy (non-hydrogen) atoms. The Bertz CT molecular complexity index is 1090. The standard InChI is InChI=1S/C19H21N7S2/c1-13-23-15(12-27-13)16-7-6-14(28-16)8-9-21-19(20-2)22-11-18-25-24-17-5-3-4-10-26(17)18/h3-7,10,12H,8-9,11H2,1-2H3,(H2,20,21,22). The van der Waals surface area contributed by atoms with Gasteiger partial charge in [-0.3, -0.25) is 9.39 Å². The van der Waals surface area contributed by atoms with Crippen LogP contribution in [-0.2, 0) is 13.0 Å². The first-order chi connectivity index (χ1) is 13.7. The van der Waals surface area contributed by atoms with E-state index < -0.39 is 0 Å². The Morgan fingerprint density at radius 3 is 2.93 bits per heavy atom. The quantitative estimate of drug-likeness (QED) is 0.376. The molecule has 4 rings (SSSR count). The number of fused-ring (bicyclic) bond motifs is 1. The third-order valence-electron chi connectivity index (χ3n) is 4.22. The minimum Gasteiger partial charge on any atom is -0.356 e. The van der Waals surface area contributed by atoms with E-state index in [4.69, 9.17) is 0 Å². The average Bonchev–Trinajstić information content (AvgIpc) is 3.44. The molecule has 4 heterocycles. The van der Waals surface area contributed by atoms with E-state index in [0.29, 0.717) is 6.54 Å². The van der Waals surface area contributed by atoms with Crippen LogP contribution in [-0.4, -0.2) is 39.1 Å². The van der Waals surface area contributed by atoms with Crippen molar-refractivity contribution in [3.05, 3.63) is 57.6 Å². The van der Waals surface area contributed by atoms with Gasteiger partial charge in [0.2, 0.25) is 0 Å². The van der Waals surface area contributed by atoms with E-state index in [1.807, 2.05) is 35.7 Å². The average molecular weight is 412 g/mol. The van der Waals surface area contributed by atoms with E-state index in [-0.39, 0.29) is 0 Å². The summed E-state index contributed by atoms with van der Waals surface area (Å²) < 4.78 is 1.97. The van der Waals surface area contributed by atoms with Gasteiger partial charge in [-0.05, 0) is 37.6 Å². The summed E-state index contributed by atoms with van der Waals surface area (Å²) in [4.78, 5) is 11.4. The smallest absolute Gasteiger partial charge is 0.191 e. The van der Waals surface area contributed by atoms with Crippen LogP contribution in [0, 0.1) is 6.92 Å². The van der Waals surface area contributed by atoms with Gasteiger partial charge in [0.15, 0.2) is 17.4 Å². The molecule has 0 aliphatic rings. The van der Waals surface area contributed by atoms with E-state index in [2.05, 4.69) is 48.3 Å². The molecule has 7 nitrogen and oxygen atoms in total. The first kappa shape index (κ1) is 18.6. The maximum absolute atomic E-state index is 4.56. The highest BCUT2D eigenvalue weighted by Crippen LogP contribution is 2.29. The summed E-state index contributed by atoms with van der Waals surface area (Å²) in [5.41, 5.74) is 1.91. The third-order valence-corrected chi connectivity index (χ3v) is 6.16. The summed E-state index contributed by atoms with van der Waals surface area (Å²) in [5.74, 6) is 1.60. The number of rotatable bonds is 6. The zero-order valence-corrected chi connectivity index (χ0v) is 17.3. The molecule has 0 aromatic carbocycles. The number of pyridine rings is 1. The second kappa shape index (κ2) is 8.49. The molecule has 0 radical (unpaired) electrons. The number of thiazole rings is 1. The Morgan fingerprint density at radius 1 is 1.18 bits per heavy atom. The Kier molecular flexibility index (Phi) is 5.63. The predicted octanol–water partition coefficient (Wildman–Crippen LogP) is 3.13. The summed E-state index contributed by atoms with van der Waals surface area (Å²) in [5, 5.41) is 18.3. The summed E-state index contributed by atoms with van der Waals surface area (Å²) >= 11 is 3.48. The third kappa shape index (κ3) is 4.20. The number of hydrogen-bond donors (Lipinski definition) is 2. The largest absolute Gasteiger partial charge is 0.356 e. The van der Waals surface area contributed by atoms with Gasteiger partial charge in [-0.25, -0.2) is 4.98 Å². The van der Waals surface area contributed by atoms with E-state index in [0.717, 1.165) is 41.1 Å². The van der Waals surface area contributed by atoms with Gasteiger partial charge < -0.3 is 10.6 Å². The molecule has 2 N–H and O–H groups in total. The molecule has 0 bridgehead atoms. The van der Waals surface area contributed by atoms with Gasteiger partial charge in [-0.2, -0.15) is 0 Å². The van der Waals surface area contributed by atoms with Crippen molar-refractivity contribution < 1.29 is 0 Å². The van der Waals surface area contributed by atoms with Gasteiger partial charge in [-0.1, -0.05) is 6.07 Å². The van der Waals surface area contributed by atoms with E-state index in [9.17, 15) is 0 Å². The maximum atomic E-state index is 4.56. The lowest BCUT2D eigenvalue weighted by Gasteiger charge is -2.10. The minimum atomic E-state index is 0.553. The molecule has 0 saturated heterocycles. The lowest BCUT2D eigenvalue weighted by atomic mass is 10.3. The van der Waals surface area contributed by atoms with Crippen LogP contribution in [0.15, 0.2) is 46.9 Å². The van der Waals surface area contributed by atoms with Gasteiger partial charge in [-0.15, -0.1) is 32.9 Å². The molecule has 0 spiro atoms. The monoisotopic (exact) mass is 411 g/mol. The molecular weight excluding hydrogens is 390 g/mol. The molecule has 144 valence electrons. The molecule has 0 atom stereocenters. The lowest BCUT2D eigenvalue weighted by molar-refractivity contribution is 0.759. The number of aromatic nitrogens is 4. The van der Waals surface area contributed by atoms with Crippen LogP contribution >= 0.6 is 22.7 Å². The highest BCUT2D eigenvalue weighted by molar-refractivity contribution is 7.16. The lowest BCUT2D eigenvalue weighted by Crippen LogP contribution is -2.38. The van der Waals surface area contributed by atoms with E-state index >= 15 is 0 Å². The molecule has 0 aliphatic heterocycles. The van der Waals surface area contributed by atoms with E-state index in [1.54, 1.807) is 29.7 Å². The maximum Gasteiger partial charge on any atom is 0.191 e. The normalized spacial score (nSPS) is 11.9. The summed E-state index contributed by atoms with van der Waals surface area (Å²) in [6, 6.07) is 10.2. The van der Waals surface area contributed by atoms with E-state index in [1.165, 1.54) is 9.75 Å². The molecule has 4 aromatic heterocycles. The van der Waals surface area contributed by atoms with Crippen molar-refractivity contribution in [3.8, 4) is 10.6 Å². The highest BCUT2D eigenvalue weighted by atomic mass is 32.1. The summed E-state index contributed by atoms with van der Waals surface area (Å²) in [6.45, 7) is 3.39. The number of hydrogen-bond acceptors (Lipinski definition) is 6. The van der Waals surface area contributed by atoms with Gasteiger partial charge >= 0.3 is 0 Å². The Labute approximate surface area is 171 Å². The van der Waals surface area contributed by atoms with Crippen LogP contribution in [0.2, 0.25) is 0 Å². The number of guanidine groups is 1. The fourth-order valence-electron chi connectivity index (χ4n) is 2.83. The van der Waals surface area contributed by atoms with Crippen LogP contribution in [0.5, 0.6) is 0 Å². The topological polar surface area (TPSA) is 79.5 Å². The molecule has 4 aromatic rings. The van der Waals surface area contributed by atoms with Crippen molar-refractivity contribution in [1.82, 2.24) is 30.2 Å². The van der Waals surface area contributed by atoms with Crippen molar-refractivity contribution >= 4 is 34.3 Å². The predicted molar refractivity (Wildman–Crippen MR) is 115 cm³/mol. The summed E-state index contributed by atoms with van der Waals surface area (Å²) in [7, 11) is 1.77. The number of thiophene rings is 1. The second-order valence-corrected chi connectivity index (χ2v) is 8.40. The van der Waals surface area contributed by atoms with Crippen LogP contribution < -0.4 is 10.6 Å². The Balaban J connectivity index is 1.28. The fourth-order valence-corrected chi connectivity index (χ4v) is 4.48. The number of nitrogens with one attached hydrogen (secondary N) is 2. The van der Waals surface area contributed by atoms with Gasteiger partial charge in [0, 0.05) is 30.0 Å². The number of aliphatic imine (C=N–C) groups is 1.